The lowest BCUT2D eigenvalue weighted by Gasteiger charge is -2.24. The van der Waals surface area contributed by atoms with E-state index in [4.69, 9.17) is 0 Å². The summed E-state index contributed by atoms with van der Waals surface area (Å²) in [6.45, 7) is 3.14. The second-order valence-corrected chi connectivity index (χ2v) is 18.7. The molecule has 0 bridgehead atoms. The first kappa shape index (κ1) is 43.8. The van der Waals surface area contributed by atoms with Crippen LogP contribution in [0.25, 0.3) is 20.2 Å². The molecule has 0 radical (unpaired) electrons. The summed E-state index contributed by atoms with van der Waals surface area (Å²) in [7, 11) is -5.57. The number of carbonyl (C=O) groups is 2. The highest BCUT2D eigenvalue weighted by atomic mass is 32.2. The Morgan fingerprint density at radius 3 is 1.68 bits per heavy atom. The fraction of sp³-hybridized carbons (Fsp3) is 0.143. The number of ether oxygens (including phenoxy) is 2. The molecule has 1 N–H and O–H groups in total. The van der Waals surface area contributed by atoms with E-state index in [-0.39, 0.29) is 20.9 Å². The van der Waals surface area contributed by atoms with Gasteiger partial charge in [-0.25, -0.2) is 30.8 Å². The summed E-state index contributed by atoms with van der Waals surface area (Å²) in [6, 6.07) is 28.0. The minimum absolute atomic E-state index is 0.0460. The van der Waals surface area contributed by atoms with Gasteiger partial charge in [0.1, 0.15) is 15.8 Å². The Hall–Kier alpha value is -5.82. The van der Waals surface area contributed by atoms with Gasteiger partial charge in [0.15, 0.2) is 0 Å². The van der Waals surface area contributed by atoms with Gasteiger partial charge in [-0.2, -0.15) is 13.2 Å². The molecule has 7 aromatic rings. The van der Waals surface area contributed by atoms with E-state index in [9.17, 15) is 44.0 Å². The average molecular weight is 899 g/mol. The molecule has 2 heterocycles. The van der Waals surface area contributed by atoms with Crippen molar-refractivity contribution in [2.24, 2.45) is 0 Å². The van der Waals surface area contributed by atoms with E-state index < -0.39 is 56.1 Å². The number of aryl methyl sites for hydroxylation is 2. The number of nitrogens with one attached hydrogen (secondary N) is 1. The molecular formula is C42H34F4N2O8S4. The zero-order chi connectivity index (χ0) is 43.6. The zero-order valence-electron chi connectivity index (χ0n) is 32.0. The molecule has 0 amide bonds. The van der Waals surface area contributed by atoms with E-state index in [2.05, 4.69) is 14.2 Å². The molecule has 0 fully saturated rings. The van der Waals surface area contributed by atoms with Crippen molar-refractivity contribution in [3.8, 4) is 0 Å². The highest BCUT2D eigenvalue weighted by Gasteiger charge is 2.35. The monoisotopic (exact) mass is 898 g/mol. The molecule has 2 aromatic heterocycles. The molecule has 0 unspecified atom stereocenters. The summed E-state index contributed by atoms with van der Waals surface area (Å²) < 4.78 is 121. The summed E-state index contributed by atoms with van der Waals surface area (Å²) in [5, 5.41) is 2.73. The van der Waals surface area contributed by atoms with E-state index >= 15 is 0 Å². The van der Waals surface area contributed by atoms with Crippen molar-refractivity contribution in [1.29, 1.82) is 0 Å². The summed E-state index contributed by atoms with van der Waals surface area (Å²) in [5.74, 6) is -2.61. The lowest BCUT2D eigenvalue weighted by molar-refractivity contribution is -0.140. The number of halogens is 4. The highest BCUT2D eigenvalue weighted by molar-refractivity contribution is 7.93. The molecule has 0 aliphatic carbocycles. The second-order valence-electron chi connectivity index (χ2n) is 13.0. The minimum atomic E-state index is -4.94. The molecular weight excluding hydrogens is 865 g/mol. The third kappa shape index (κ3) is 9.16. The number of rotatable bonds is 10. The summed E-state index contributed by atoms with van der Waals surface area (Å²) >= 11 is 2.57. The van der Waals surface area contributed by atoms with Crippen molar-refractivity contribution in [3.63, 3.8) is 0 Å². The van der Waals surface area contributed by atoms with Crippen molar-refractivity contribution in [2.45, 2.75) is 36.4 Å². The Morgan fingerprint density at radius 1 is 0.683 bits per heavy atom. The molecule has 5 aromatic carbocycles. The molecule has 10 nitrogen and oxygen atoms in total. The topological polar surface area (TPSA) is 136 Å². The van der Waals surface area contributed by atoms with Crippen LogP contribution >= 0.6 is 22.7 Å². The van der Waals surface area contributed by atoms with Crippen molar-refractivity contribution >= 4 is 84.8 Å². The number of carbonyl (C=O) groups excluding carboxylic acids is 2. The quantitative estimate of drug-likeness (QED) is 0.106. The Kier molecular flexibility index (Phi) is 12.7. The first-order chi connectivity index (χ1) is 28.3. The summed E-state index contributed by atoms with van der Waals surface area (Å²) in [4.78, 5) is 23.1. The lowest BCUT2D eigenvalue weighted by Crippen LogP contribution is -2.30. The number of sulfonamides is 2. The van der Waals surface area contributed by atoms with Crippen molar-refractivity contribution in [3.05, 3.63) is 154 Å². The fourth-order valence-electron chi connectivity index (χ4n) is 6.07. The maximum Gasteiger partial charge on any atom is 0.419 e. The molecule has 60 heavy (non-hydrogen) atoms. The van der Waals surface area contributed by atoms with Gasteiger partial charge in [0, 0.05) is 9.40 Å². The summed E-state index contributed by atoms with van der Waals surface area (Å²) in [6.07, 6.45) is -4.94. The van der Waals surface area contributed by atoms with Crippen molar-refractivity contribution in [2.75, 3.05) is 23.2 Å². The third-order valence-electron chi connectivity index (χ3n) is 9.23. The molecule has 0 spiro atoms. The van der Waals surface area contributed by atoms with Gasteiger partial charge in [-0.15, -0.1) is 22.7 Å². The average Bonchev–Trinajstić information content (AvgIpc) is 3.73. The van der Waals surface area contributed by atoms with E-state index in [0.29, 0.717) is 33.3 Å². The maximum atomic E-state index is 13.9. The van der Waals surface area contributed by atoms with E-state index in [1.165, 1.54) is 85.4 Å². The number of hydrogen-bond donors (Lipinski definition) is 1. The van der Waals surface area contributed by atoms with Gasteiger partial charge >= 0.3 is 18.1 Å². The molecule has 0 saturated carbocycles. The first-order valence-electron chi connectivity index (χ1n) is 17.6. The molecule has 312 valence electrons. The fourth-order valence-corrected chi connectivity index (χ4v) is 11.5. The Morgan fingerprint density at radius 2 is 1.18 bits per heavy atom. The zero-order valence-corrected chi connectivity index (χ0v) is 35.3. The standard InChI is InChI=1S/C25H19F4NO4S2.C17H15NO4S2/c1-15-19-5-3-4-6-22(19)35-23(15)30(14-16-7-12-21(26)20(13-16)25(27,28)29)36(32,33)18-10-8-17(9-11-18)24(31)34-2;1-11-14-5-3-4-6-15(14)23-16(11)18-24(20,21)13-9-7-12(8-10-13)17(19)22-2/h3-13H,14H2,1-2H3;3-10,18H,1-2H3. The second kappa shape index (κ2) is 17.4. The van der Waals surface area contributed by atoms with E-state index in [1.807, 2.05) is 43.3 Å². The molecule has 0 aliphatic rings. The number of nitrogens with zero attached hydrogens (tertiary/aromatic N) is 1. The van der Waals surface area contributed by atoms with Crippen LogP contribution in [-0.4, -0.2) is 43.0 Å². The number of methoxy groups -OCH3 is 2. The molecule has 0 aliphatic heterocycles. The molecule has 0 atom stereocenters. The number of fused-ring (bicyclic) bond motifs is 2. The number of benzene rings is 5. The van der Waals surface area contributed by atoms with Crippen LogP contribution in [0, 0.1) is 19.7 Å². The minimum Gasteiger partial charge on any atom is -0.465 e. The molecule has 18 heteroatoms. The van der Waals surface area contributed by atoms with Crippen LogP contribution < -0.4 is 9.03 Å². The van der Waals surface area contributed by atoms with Crippen LogP contribution in [0.1, 0.15) is 43.0 Å². The first-order valence-corrected chi connectivity index (χ1v) is 22.2. The lowest BCUT2D eigenvalue weighted by atomic mass is 10.1. The van der Waals surface area contributed by atoms with Crippen LogP contribution in [-0.2, 0) is 42.2 Å². The van der Waals surface area contributed by atoms with Crippen LogP contribution in [0.5, 0.6) is 0 Å². The SMILES string of the molecule is COC(=O)c1ccc(S(=O)(=O)N(Cc2ccc(F)c(C(F)(F)F)c2)c2sc3ccccc3c2C)cc1.COC(=O)c1ccc(S(=O)(=O)Nc2sc3ccccc3c2C)cc1. The normalized spacial score (nSPS) is 11.8. The third-order valence-corrected chi connectivity index (χ3v) is 15.1. The van der Waals surface area contributed by atoms with Gasteiger partial charge in [0.2, 0.25) is 0 Å². The number of thiophene rings is 2. The van der Waals surface area contributed by atoms with E-state index in [0.717, 1.165) is 36.1 Å². The molecule has 7 rings (SSSR count). The van der Waals surface area contributed by atoms with Gasteiger partial charge < -0.3 is 9.47 Å². The van der Waals surface area contributed by atoms with Gasteiger partial charge in [0.25, 0.3) is 20.0 Å². The summed E-state index contributed by atoms with van der Waals surface area (Å²) in [5.41, 5.74) is 0.431. The number of alkyl halides is 3. The van der Waals surface area contributed by atoms with Crippen LogP contribution in [0.4, 0.5) is 27.6 Å². The molecule has 0 saturated heterocycles. The van der Waals surface area contributed by atoms with E-state index in [1.54, 1.807) is 19.1 Å². The van der Waals surface area contributed by atoms with Crippen LogP contribution in [0.15, 0.2) is 125 Å². The Bertz CT molecular complexity index is 2950. The highest BCUT2D eigenvalue weighted by Crippen LogP contribution is 2.41. The smallest absolute Gasteiger partial charge is 0.419 e. The van der Waals surface area contributed by atoms with Gasteiger partial charge in [-0.3, -0.25) is 9.03 Å². The maximum absolute atomic E-state index is 13.9. The van der Waals surface area contributed by atoms with Gasteiger partial charge in [-0.05, 0) is 114 Å². The number of anilines is 2. The Labute approximate surface area is 350 Å². The van der Waals surface area contributed by atoms with Crippen LogP contribution in [0.2, 0.25) is 0 Å². The number of esters is 2. The van der Waals surface area contributed by atoms with Crippen molar-refractivity contribution < 1.29 is 53.5 Å². The largest absolute Gasteiger partial charge is 0.465 e. The van der Waals surface area contributed by atoms with Crippen molar-refractivity contribution in [1.82, 2.24) is 0 Å². The Balaban J connectivity index is 0.000000218. The predicted octanol–water partition coefficient (Wildman–Crippen LogP) is 10.3. The van der Waals surface area contributed by atoms with Gasteiger partial charge in [-0.1, -0.05) is 42.5 Å². The predicted molar refractivity (Wildman–Crippen MR) is 224 cm³/mol. The van der Waals surface area contributed by atoms with Crippen LogP contribution in [0.3, 0.4) is 0 Å². The number of hydrogen-bond acceptors (Lipinski definition) is 10. The van der Waals surface area contributed by atoms with Gasteiger partial charge in [0.05, 0.1) is 47.2 Å².